The van der Waals surface area contributed by atoms with Crippen LogP contribution in [0.1, 0.15) is 0 Å². The first-order valence-corrected chi connectivity index (χ1v) is 9.36. The van der Waals surface area contributed by atoms with Gasteiger partial charge in [-0.3, -0.25) is 10.1 Å². The van der Waals surface area contributed by atoms with Crippen LogP contribution in [0.4, 0.5) is 0 Å². The van der Waals surface area contributed by atoms with E-state index >= 15 is 0 Å². The molecule has 7 heteroatoms. The van der Waals surface area contributed by atoms with Crippen LogP contribution in [0.2, 0.25) is 4.82 Å². The molecule has 0 spiro atoms. The molecule has 1 unspecified atom stereocenters. The zero-order valence-corrected chi connectivity index (χ0v) is 9.88. The third-order valence-electron chi connectivity index (χ3n) is 0.861. The Hall–Kier alpha value is -0.611. The van der Waals surface area contributed by atoms with Crippen molar-refractivity contribution in [2.24, 2.45) is 0 Å². The Morgan fingerprint density at radius 1 is 1.77 bits per heavy atom. The maximum absolute atomic E-state index is 10.2. The van der Waals surface area contributed by atoms with Gasteiger partial charge in [-0.1, -0.05) is 0 Å². The number of hydrogen-bond donors (Lipinski definition) is 1. The van der Waals surface area contributed by atoms with Crippen molar-refractivity contribution >= 4 is 32.2 Å². The third-order valence-corrected chi connectivity index (χ3v) is 7.53. The first-order valence-electron chi connectivity index (χ1n) is 3.05. The van der Waals surface area contributed by atoms with Crippen LogP contribution in [0, 0.1) is 10.1 Å². The molecule has 1 N–H and O–H groups in total. The van der Waals surface area contributed by atoms with Crippen LogP contribution in [-0.4, -0.2) is 42.3 Å². The summed E-state index contributed by atoms with van der Waals surface area (Å²) in [5.41, 5.74) is 0. The van der Waals surface area contributed by atoms with Crippen molar-refractivity contribution in [1.82, 2.24) is 0 Å². The first kappa shape index (κ1) is 12.4. The van der Waals surface area contributed by atoms with Gasteiger partial charge in [-0.15, -0.1) is 0 Å². The van der Waals surface area contributed by atoms with Crippen LogP contribution >= 0.6 is 0 Å². The fourth-order valence-electron chi connectivity index (χ4n) is 0.351. The van der Waals surface area contributed by atoms with Crippen molar-refractivity contribution in [3.05, 3.63) is 33.9 Å². The molecule has 13 heavy (non-hydrogen) atoms. The Balaban J connectivity index is 0.000000252. The van der Waals surface area contributed by atoms with Gasteiger partial charge in [-0.2, -0.15) is 0 Å². The molecule has 1 rings (SSSR count). The van der Waals surface area contributed by atoms with Gasteiger partial charge in [0.1, 0.15) is 0 Å². The van der Waals surface area contributed by atoms with Gasteiger partial charge in [0.25, 0.3) is 0 Å². The number of aliphatic carboxylic acids is 1. The number of nitro groups is 1. The van der Waals surface area contributed by atoms with Gasteiger partial charge < -0.3 is 0 Å². The molecule has 72 valence electrons. The number of carboxylic acids is 1. The molecule has 0 fully saturated rings. The molecule has 1 aliphatic heterocycles. The molecule has 5 nitrogen and oxygen atoms in total. The van der Waals surface area contributed by atoms with E-state index in [0.717, 1.165) is 0 Å². The van der Waals surface area contributed by atoms with E-state index < -0.39 is 10.9 Å². The third kappa shape index (κ3) is 6.54. The van der Waals surface area contributed by atoms with Crippen LogP contribution < -0.4 is 0 Å². The average Bonchev–Trinajstić information content (AvgIpc) is 2.57. The van der Waals surface area contributed by atoms with E-state index in [4.69, 9.17) is 15.2 Å². The van der Waals surface area contributed by atoms with E-state index in [1.54, 1.807) is 0 Å². The van der Waals surface area contributed by atoms with Crippen molar-refractivity contribution in [2.75, 3.05) is 0 Å². The molecule has 0 aliphatic carbocycles. The van der Waals surface area contributed by atoms with E-state index in [-0.39, 0.29) is 4.82 Å². The summed E-state index contributed by atoms with van der Waals surface area (Å²) in [4.78, 5) is 20.5. The van der Waals surface area contributed by atoms with Gasteiger partial charge in [-0.05, 0) is 6.58 Å². The monoisotopic (exact) mass is 317 g/mol. The quantitative estimate of drug-likeness (QED) is 0.446. The van der Waals surface area contributed by atoms with Gasteiger partial charge in [0, 0.05) is 0 Å². The molecule has 0 bridgehead atoms. The number of hydrogen-bond acceptors (Lipinski definition) is 3. The van der Waals surface area contributed by atoms with E-state index in [0.29, 0.717) is 32.5 Å². The number of nitrogens with zero attached hydrogens (tertiary/aromatic N) is 1. The van der Waals surface area contributed by atoms with Crippen LogP contribution in [0.15, 0.2) is 23.8 Å². The molecule has 1 heterocycles. The van der Waals surface area contributed by atoms with E-state index in [9.17, 15) is 4.79 Å². The van der Waals surface area contributed by atoms with Gasteiger partial charge in [0.2, 0.25) is 6.20 Å². The predicted octanol–water partition coefficient (Wildman–Crippen LogP) is 0.117. The molecule has 1 atom stereocenters. The molecular weight excluding hydrogens is 308 g/mol. The van der Waals surface area contributed by atoms with Crippen LogP contribution in [0.25, 0.3) is 0 Å². The molecule has 0 aromatic carbocycles. The Bertz CT molecular complexity index is 241. The summed E-state index contributed by atoms with van der Waals surface area (Å²) in [5.74, 6) is -0.652. The first-order chi connectivity index (χ1) is 6.07. The summed E-state index contributed by atoms with van der Waals surface area (Å²) in [7, 11) is 0. The molecule has 0 radical (unpaired) electrons. The summed E-state index contributed by atoms with van der Waals surface area (Å²) in [5, 5.41) is 17.4. The summed E-state index contributed by atoms with van der Waals surface area (Å²) >= 11 is 0.884. The number of rotatable bonds is 2. The van der Waals surface area contributed by atoms with Gasteiger partial charge in [0.05, 0.1) is 4.92 Å². The van der Waals surface area contributed by atoms with E-state index in [1.165, 1.54) is 0 Å². The van der Waals surface area contributed by atoms with Crippen molar-refractivity contribution in [3.8, 4) is 0 Å². The van der Waals surface area contributed by atoms with E-state index in [1.807, 2.05) is 11.1 Å². The fraction of sp³-hybridized carbons (Fsp3) is 0.167. The fourth-order valence-corrected chi connectivity index (χ4v) is 6.48. The standard InChI is InChI=1S/C4H4O2Se2.C2H3NO2/c5-4(6)3-1-2-7-8-3;1-2-3(4)5/h1-3H,(H,5,6);2H,1H2. The molecule has 0 saturated heterocycles. The van der Waals surface area contributed by atoms with Gasteiger partial charge in [-0.25, -0.2) is 0 Å². The minimum atomic E-state index is -0.652. The molecule has 0 aromatic heterocycles. The van der Waals surface area contributed by atoms with E-state index in [2.05, 4.69) is 6.58 Å². The second-order valence-corrected chi connectivity index (χ2v) is 8.39. The Morgan fingerprint density at radius 3 is 2.46 bits per heavy atom. The number of carboxylic acid groups (broad SMARTS) is 1. The molecule has 1 aliphatic rings. The van der Waals surface area contributed by atoms with Crippen molar-refractivity contribution in [3.63, 3.8) is 0 Å². The van der Waals surface area contributed by atoms with Gasteiger partial charge in [0.15, 0.2) is 0 Å². The van der Waals surface area contributed by atoms with Crippen LogP contribution in [0.3, 0.4) is 0 Å². The second kappa shape index (κ2) is 6.86. The normalized spacial score (nSPS) is 18.6. The van der Waals surface area contributed by atoms with Crippen LogP contribution in [-0.2, 0) is 4.79 Å². The summed E-state index contributed by atoms with van der Waals surface area (Å²) in [6.45, 7) is 2.86. The molecular formula is C6H7NO4Se2. The second-order valence-electron chi connectivity index (χ2n) is 1.75. The zero-order chi connectivity index (χ0) is 10.3. The topological polar surface area (TPSA) is 80.4 Å². The van der Waals surface area contributed by atoms with Crippen molar-refractivity contribution in [2.45, 2.75) is 4.82 Å². The summed E-state index contributed by atoms with van der Waals surface area (Å²) in [6, 6.07) is 0. The SMILES string of the molecule is C=C[N+](=O)[O-].O=C(O)C1C=C[Se][Se]1. The number of carbonyl (C=O) groups is 1. The zero-order valence-electron chi connectivity index (χ0n) is 6.45. The Labute approximate surface area is 85.9 Å². The van der Waals surface area contributed by atoms with Gasteiger partial charge >= 0.3 is 58.0 Å². The maximum atomic E-state index is 10.2. The minimum absolute atomic E-state index is 0.109. The molecule has 0 saturated carbocycles. The predicted molar refractivity (Wildman–Crippen MR) is 49.2 cm³/mol. The molecule has 0 aromatic rings. The Kier molecular flexibility index (Phi) is 6.53. The summed E-state index contributed by atoms with van der Waals surface area (Å²) in [6.07, 6.45) is 2.45. The summed E-state index contributed by atoms with van der Waals surface area (Å²) < 4.78 is 0. The van der Waals surface area contributed by atoms with Crippen molar-refractivity contribution in [1.29, 1.82) is 0 Å². The Morgan fingerprint density at radius 2 is 2.31 bits per heavy atom. The molecule has 0 amide bonds. The average molecular weight is 315 g/mol. The van der Waals surface area contributed by atoms with Crippen LogP contribution in [0.5, 0.6) is 0 Å². The van der Waals surface area contributed by atoms with Crippen molar-refractivity contribution < 1.29 is 14.8 Å².